The number of rotatable bonds is 6. The Hall–Kier alpha value is -2.71. The first-order valence-corrected chi connectivity index (χ1v) is 13.9. The van der Waals surface area contributed by atoms with E-state index in [9.17, 15) is 13.2 Å². The normalized spacial score (nSPS) is 19.2. The van der Waals surface area contributed by atoms with Crippen LogP contribution in [0.2, 0.25) is 0 Å². The number of carbonyl (C=O) groups is 1. The summed E-state index contributed by atoms with van der Waals surface area (Å²) in [4.78, 5) is 20.1. The van der Waals surface area contributed by atoms with Gasteiger partial charge in [0, 0.05) is 48.1 Å². The molecule has 8 heteroatoms. The lowest BCUT2D eigenvalue weighted by Crippen LogP contribution is -2.30. The number of ether oxygens (including phenoxy) is 1. The van der Waals surface area contributed by atoms with Gasteiger partial charge in [0.15, 0.2) is 5.78 Å². The molecule has 0 radical (unpaired) electrons. The van der Waals surface area contributed by atoms with Crippen LogP contribution < -0.4 is 14.4 Å². The number of anilines is 1. The van der Waals surface area contributed by atoms with E-state index >= 15 is 0 Å². The lowest BCUT2D eigenvalue weighted by atomic mass is 9.81. The molecule has 1 fully saturated rings. The number of methoxy groups -OCH3 is 1. The van der Waals surface area contributed by atoms with Crippen molar-refractivity contribution in [3.8, 4) is 5.75 Å². The van der Waals surface area contributed by atoms with Crippen molar-refractivity contribution >= 4 is 38.0 Å². The molecule has 1 aromatic carbocycles. The number of nitrogens with one attached hydrogen (secondary N) is 1. The zero-order valence-electron chi connectivity index (χ0n) is 21.4. The summed E-state index contributed by atoms with van der Waals surface area (Å²) in [5.41, 5.74) is 5.11. The van der Waals surface area contributed by atoms with Crippen molar-refractivity contribution in [1.29, 1.82) is 0 Å². The van der Waals surface area contributed by atoms with Crippen LogP contribution in [0.15, 0.2) is 36.1 Å². The molecule has 2 aliphatic rings. The Morgan fingerprint density at radius 1 is 1.23 bits per heavy atom. The number of allylic oxidation sites excluding steroid dienone is 4. The van der Waals surface area contributed by atoms with Crippen LogP contribution in [-0.4, -0.2) is 52.2 Å². The smallest absolute Gasteiger partial charge is 0.208 e. The molecule has 188 valence electrons. The van der Waals surface area contributed by atoms with Gasteiger partial charge >= 0.3 is 0 Å². The molecule has 1 saturated heterocycles. The van der Waals surface area contributed by atoms with Gasteiger partial charge in [-0.05, 0) is 36.8 Å². The lowest BCUT2D eigenvalue weighted by molar-refractivity contribution is -0.113. The van der Waals surface area contributed by atoms with E-state index in [1.165, 1.54) is 6.26 Å². The molecular weight excluding hydrogens is 462 g/mol. The molecule has 0 unspecified atom stereocenters. The Morgan fingerprint density at radius 2 is 1.97 bits per heavy atom. The molecule has 1 aliphatic carbocycles. The van der Waals surface area contributed by atoms with Crippen LogP contribution in [0.3, 0.4) is 0 Å². The predicted octanol–water partition coefficient (Wildman–Crippen LogP) is 4.22. The number of carbonyl (C=O) groups excluding carboxylic acids is 1. The predicted molar refractivity (Wildman–Crippen MR) is 142 cm³/mol. The summed E-state index contributed by atoms with van der Waals surface area (Å²) in [5, 5.41) is 0.880. The van der Waals surface area contributed by atoms with Crippen LogP contribution >= 0.6 is 0 Å². The van der Waals surface area contributed by atoms with Gasteiger partial charge < -0.3 is 9.64 Å². The molecule has 0 bridgehead atoms. The van der Waals surface area contributed by atoms with Crippen LogP contribution in [0, 0.1) is 5.92 Å². The third kappa shape index (κ3) is 5.43. The van der Waals surface area contributed by atoms with Gasteiger partial charge in [-0.2, -0.15) is 0 Å². The van der Waals surface area contributed by atoms with Crippen molar-refractivity contribution in [2.75, 3.05) is 37.9 Å². The van der Waals surface area contributed by atoms with Crippen molar-refractivity contribution in [2.24, 2.45) is 5.92 Å². The van der Waals surface area contributed by atoms with Crippen LogP contribution in [-0.2, 0) is 20.2 Å². The van der Waals surface area contributed by atoms with Gasteiger partial charge in [0.1, 0.15) is 5.75 Å². The summed E-state index contributed by atoms with van der Waals surface area (Å²) in [6, 6.07) is 4.16. The molecule has 1 aromatic heterocycles. The number of sulfonamides is 1. The molecule has 1 N–H and O–H groups in total. The third-order valence-corrected chi connectivity index (χ3v) is 7.46. The summed E-state index contributed by atoms with van der Waals surface area (Å²) in [6.07, 6.45) is 8.27. The maximum absolute atomic E-state index is 13.0. The molecule has 0 amide bonds. The lowest BCUT2D eigenvalue weighted by Gasteiger charge is -2.26. The zero-order chi connectivity index (χ0) is 25.5. The highest BCUT2D eigenvalue weighted by Crippen LogP contribution is 2.42. The van der Waals surface area contributed by atoms with Crippen molar-refractivity contribution in [2.45, 2.75) is 46.0 Å². The largest absolute Gasteiger partial charge is 0.496 e. The SMILES string of the molecule is COc1c(C(C)(C)C)cc(C2=CC=C(C)CC2=O)c2ncc(N3CC[C@H](CNS(C)(=O)=O)C3)cc12. The summed E-state index contributed by atoms with van der Waals surface area (Å²) < 4.78 is 31.5. The number of hydrogen-bond donors (Lipinski definition) is 1. The van der Waals surface area contributed by atoms with Gasteiger partial charge in [-0.3, -0.25) is 9.78 Å². The Balaban J connectivity index is 1.80. The molecule has 0 saturated carbocycles. The van der Waals surface area contributed by atoms with E-state index in [0.29, 0.717) is 18.5 Å². The Kier molecular flexibility index (Phi) is 6.81. The van der Waals surface area contributed by atoms with E-state index in [1.807, 2.05) is 25.3 Å². The Bertz CT molecular complexity index is 1340. The second-order valence-electron chi connectivity index (χ2n) is 10.8. The number of fused-ring (bicyclic) bond motifs is 1. The maximum Gasteiger partial charge on any atom is 0.208 e. The number of hydrogen-bond acceptors (Lipinski definition) is 6. The van der Waals surface area contributed by atoms with Gasteiger partial charge in [-0.15, -0.1) is 0 Å². The average molecular weight is 498 g/mol. The van der Waals surface area contributed by atoms with E-state index < -0.39 is 10.0 Å². The minimum atomic E-state index is -3.21. The van der Waals surface area contributed by atoms with Gasteiger partial charge in [0.25, 0.3) is 0 Å². The van der Waals surface area contributed by atoms with Crippen molar-refractivity contribution in [3.05, 3.63) is 47.2 Å². The first-order chi connectivity index (χ1) is 16.4. The van der Waals surface area contributed by atoms with Crippen LogP contribution in [0.4, 0.5) is 5.69 Å². The minimum absolute atomic E-state index is 0.1000. The van der Waals surface area contributed by atoms with Gasteiger partial charge in [0.05, 0.1) is 30.8 Å². The molecule has 35 heavy (non-hydrogen) atoms. The first-order valence-electron chi connectivity index (χ1n) is 12.0. The molecule has 1 aliphatic heterocycles. The quantitative estimate of drug-likeness (QED) is 0.643. The Morgan fingerprint density at radius 3 is 2.60 bits per heavy atom. The summed E-state index contributed by atoms with van der Waals surface area (Å²) >= 11 is 0. The van der Waals surface area contributed by atoms with E-state index in [2.05, 4.69) is 42.5 Å². The van der Waals surface area contributed by atoms with Crippen LogP contribution in [0.1, 0.15) is 51.7 Å². The monoisotopic (exact) mass is 497 g/mol. The number of aromatic nitrogens is 1. The highest BCUT2D eigenvalue weighted by atomic mass is 32.2. The highest BCUT2D eigenvalue weighted by Gasteiger charge is 2.28. The molecule has 0 spiro atoms. The minimum Gasteiger partial charge on any atom is -0.496 e. The summed E-state index contributed by atoms with van der Waals surface area (Å²) in [5.74, 6) is 1.11. The fourth-order valence-electron chi connectivity index (χ4n) is 4.89. The molecule has 7 nitrogen and oxygen atoms in total. The van der Waals surface area contributed by atoms with Crippen molar-refractivity contribution < 1.29 is 17.9 Å². The number of benzene rings is 1. The second-order valence-corrected chi connectivity index (χ2v) is 12.6. The second kappa shape index (κ2) is 9.39. The van der Waals surface area contributed by atoms with Crippen molar-refractivity contribution in [3.63, 3.8) is 0 Å². The van der Waals surface area contributed by atoms with Gasteiger partial charge in [0.2, 0.25) is 10.0 Å². The van der Waals surface area contributed by atoms with Crippen LogP contribution in [0.25, 0.3) is 16.5 Å². The van der Waals surface area contributed by atoms with Gasteiger partial charge in [-0.1, -0.05) is 38.5 Å². The summed E-state index contributed by atoms with van der Waals surface area (Å²) in [7, 11) is -1.53. The van der Waals surface area contributed by atoms with Crippen LogP contribution in [0.5, 0.6) is 5.75 Å². The average Bonchev–Trinajstić information content (AvgIpc) is 3.24. The molecular formula is C27H35N3O4S. The maximum atomic E-state index is 13.0. The molecule has 4 rings (SSSR count). The fourth-order valence-corrected chi connectivity index (χ4v) is 5.43. The summed E-state index contributed by atoms with van der Waals surface area (Å²) in [6.45, 7) is 10.4. The fraction of sp³-hybridized carbons (Fsp3) is 0.481. The number of nitrogens with zero attached hydrogens (tertiary/aromatic N) is 2. The number of Topliss-reactive ketones (excluding diaryl/α,β-unsaturated/α-hetero) is 1. The first kappa shape index (κ1) is 25.4. The van der Waals surface area contributed by atoms with E-state index in [-0.39, 0.29) is 17.1 Å². The standard InChI is InChI=1S/C27H35N3O4S/c1-17-7-8-20(24(31)11-17)21-13-23(27(2,3)4)26(34-5)22-12-19(15-28-25(21)22)30-10-9-18(16-30)14-29-35(6,32)33/h7-8,12-13,15,18,29H,9-11,14,16H2,1-6H3/t18-/m1/s1. The van der Waals surface area contributed by atoms with Crippen molar-refractivity contribution in [1.82, 2.24) is 9.71 Å². The van der Waals surface area contributed by atoms with Gasteiger partial charge in [-0.25, -0.2) is 13.1 Å². The van der Waals surface area contributed by atoms with E-state index in [0.717, 1.165) is 58.6 Å². The zero-order valence-corrected chi connectivity index (χ0v) is 22.3. The molecule has 1 atom stereocenters. The highest BCUT2D eigenvalue weighted by molar-refractivity contribution is 7.88. The third-order valence-electron chi connectivity index (χ3n) is 6.77. The van der Waals surface area contributed by atoms with E-state index in [1.54, 1.807) is 7.11 Å². The number of pyridine rings is 1. The Labute approximate surface area is 208 Å². The molecule has 2 heterocycles. The van der Waals surface area contributed by atoms with E-state index in [4.69, 9.17) is 9.72 Å². The topological polar surface area (TPSA) is 88.6 Å². The number of ketones is 1. The molecule has 2 aromatic rings.